The molecule has 1 amide bonds. The maximum atomic E-state index is 12.3. The van der Waals surface area contributed by atoms with Crippen LogP contribution in [-0.2, 0) is 14.3 Å². The van der Waals surface area contributed by atoms with Crippen molar-refractivity contribution in [3.63, 3.8) is 0 Å². The number of benzene rings is 1. The van der Waals surface area contributed by atoms with Gasteiger partial charge in [0.25, 0.3) is 0 Å². The molecule has 1 aromatic carbocycles. The predicted octanol–water partition coefficient (Wildman–Crippen LogP) is 2.81. The second-order valence-electron chi connectivity index (χ2n) is 6.28. The van der Waals surface area contributed by atoms with Gasteiger partial charge in [0.1, 0.15) is 5.54 Å². The van der Waals surface area contributed by atoms with Crippen LogP contribution >= 0.6 is 0 Å². The standard InChI is InChI=1S/C19H22N2O3/c1-14-9-11-19(12-10-14,18(23)24-2)21-17(22)8-7-15-5-3-4-6-16(15)13-20/h3-8,14H,9-12H2,1-2H3,(H,21,22)/b8-7+. The smallest absolute Gasteiger partial charge is 0.331 e. The Morgan fingerprint density at radius 2 is 2.00 bits per heavy atom. The molecule has 1 aromatic rings. The molecular weight excluding hydrogens is 304 g/mol. The van der Waals surface area contributed by atoms with Crippen molar-refractivity contribution >= 4 is 18.0 Å². The van der Waals surface area contributed by atoms with E-state index in [1.165, 1.54) is 13.2 Å². The first-order valence-corrected chi connectivity index (χ1v) is 8.08. The summed E-state index contributed by atoms with van der Waals surface area (Å²) in [5, 5.41) is 11.9. The molecule has 0 radical (unpaired) electrons. The summed E-state index contributed by atoms with van der Waals surface area (Å²) in [7, 11) is 1.34. The minimum absolute atomic E-state index is 0.359. The van der Waals surface area contributed by atoms with Crippen molar-refractivity contribution in [3.8, 4) is 6.07 Å². The third-order valence-electron chi connectivity index (χ3n) is 4.56. The highest BCUT2D eigenvalue weighted by molar-refractivity contribution is 5.96. The number of hydrogen-bond donors (Lipinski definition) is 1. The molecule has 5 nitrogen and oxygen atoms in total. The predicted molar refractivity (Wildman–Crippen MR) is 90.7 cm³/mol. The maximum absolute atomic E-state index is 12.3. The molecule has 0 spiro atoms. The van der Waals surface area contributed by atoms with Gasteiger partial charge in [-0.25, -0.2) is 4.79 Å². The lowest BCUT2D eigenvalue weighted by atomic mass is 9.77. The second kappa shape index (κ2) is 7.78. The summed E-state index contributed by atoms with van der Waals surface area (Å²) in [5.41, 5.74) is 0.215. The number of rotatable bonds is 4. The summed E-state index contributed by atoms with van der Waals surface area (Å²) >= 11 is 0. The second-order valence-corrected chi connectivity index (χ2v) is 6.28. The van der Waals surface area contributed by atoms with E-state index in [9.17, 15) is 9.59 Å². The minimum Gasteiger partial charge on any atom is -0.467 e. The lowest BCUT2D eigenvalue weighted by molar-refractivity contribution is -0.152. The van der Waals surface area contributed by atoms with Crippen LogP contribution in [0, 0.1) is 17.2 Å². The Kier molecular flexibility index (Phi) is 5.75. The van der Waals surface area contributed by atoms with Crippen molar-refractivity contribution in [2.75, 3.05) is 7.11 Å². The number of ether oxygens (including phenoxy) is 1. The minimum atomic E-state index is -0.947. The summed E-state index contributed by atoms with van der Waals surface area (Å²) in [5.74, 6) is -0.214. The van der Waals surface area contributed by atoms with Crippen molar-refractivity contribution in [1.29, 1.82) is 5.26 Å². The topological polar surface area (TPSA) is 79.2 Å². The van der Waals surface area contributed by atoms with E-state index in [1.54, 1.807) is 30.3 Å². The summed E-state index contributed by atoms with van der Waals surface area (Å²) in [6, 6.07) is 9.11. The molecule has 1 fully saturated rings. The Labute approximate surface area is 142 Å². The molecule has 1 aliphatic rings. The average molecular weight is 326 g/mol. The number of amides is 1. The zero-order valence-electron chi connectivity index (χ0n) is 14.0. The Balaban J connectivity index is 2.12. The van der Waals surface area contributed by atoms with Gasteiger partial charge in [0.2, 0.25) is 5.91 Å². The molecule has 1 saturated carbocycles. The number of esters is 1. The van der Waals surface area contributed by atoms with Crippen LogP contribution in [0.25, 0.3) is 6.08 Å². The van der Waals surface area contributed by atoms with Crippen molar-refractivity contribution in [2.24, 2.45) is 5.92 Å². The van der Waals surface area contributed by atoms with E-state index in [4.69, 9.17) is 10.00 Å². The van der Waals surface area contributed by atoms with Crippen LogP contribution in [0.15, 0.2) is 30.3 Å². The Bertz CT molecular complexity index is 680. The number of nitrogens with zero attached hydrogens (tertiary/aromatic N) is 1. The maximum Gasteiger partial charge on any atom is 0.331 e. The van der Waals surface area contributed by atoms with Crippen LogP contribution in [0.3, 0.4) is 0 Å². The number of nitriles is 1. The first kappa shape index (κ1) is 17.7. The molecule has 0 unspecified atom stereocenters. The molecule has 0 bridgehead atoms. The van der Waals surface area contributed by atoms with Crippen molar-refractivity contribution in [3.05, 3.63) is 41.5 Å². The monoisotopic (exact) mass is 326 g/mol. The molecule has 126 valence electrons. The molecule has 5 heteroatoms. The van der Waals surface area contributed by atoms with E-state index in [0.29, 0.717) is 29.9 Å². The largest absolute Gasteiger partial charge is 0.467 e. The first-order chi connectivity index (χ1) is 11.5. The molecular formula is C19H22N2O3. The quantitative estimate of drug-likeness (QED) is 0.681. The fourth-order valence-electron chi connectivity index (χ4n) is 3.02. The van der Waals surface area contributed by atoms with E-state index in [-0.39, 0.29) is 5.91 Å². The van der Waals surface area contributed by atoms with Gasteiger partial charge in [-0.1, -0.05) is 25.1 Å². The van der Waals surface area contributed by atoms with Crippen LogP contribution in [0.1, 0.15) is 43.7 Å². The Hall–Kier alpha value is -2.61. The van der Waals surface area contributed by atoms with Gasteiger partial charge in [0.15, 0.2) is 0 Å². The number of methoxy groups -OCH3 is 1. The molecule has 1 aliphatic carbocycles. The van der Waals surface area contributed by atoms with Crippen LogP contribution in [0.2, 0.25) is 0 Å². The molecule has 0 atom stereocenters. The van der Waals surface area contributed by atoms with Crippen molar-refractivity contribution < 1.29 is 14.3 Å². The van der Waals surface area contributed by atoms with E-state index in [2.05, 4.69) is 18.3 Å². The molecule has 2 rings (SSSR count). The fraction of sp³-hybridized carbons (Fsp3) is 0.421. The van der Waals surface area contributed by atoms with Crippen LogP contribution in [0.5, 0.6) is 0 Å². The first-order valence-electron chi connectivity index (χ1n) is 8.08. The molecule has 24 heavy (non-hydrogen) atoms. The van der Waals surface area contributed by atoms with Gasteiger partial charge in [0, 0.05) is 6.08 Å². The van der Waals surface area contributed by atoms with Gasteiger partial charge in [-0.15, -0.1) is 0 Å². The number of hydrogen-bond acceptors (Lipinski definition) is 4. The van der Waals surface area contributed by atoms with Gasteiger partial charge in [-0.2, -0.15) is 5.26 Å². The average Bonchev–Trinajstić information content (AvgIpc) is 2.61. The van der Waals surface area contributed by atoms with Gasteiger partial charge < -0.3 is 10.1 Å². The Morgan fingerprint density at radius 3 is 2.62 bits per heavy atom. The molecule has 1 N–H and O–H groups in total. The summed E-state index contributed by atoms with van der Waals surface area (Å²) in [6.07, 6.45) is 5.85. The zero-order chi connectivity index (χ0) is 17.6. The van der Waals surface area contributed by atoms with E-state index >= 15 is 0 Å². The molecule has 0 aliphatic heterocycles. The molecule has 0 saturated heterocycles. The number of carbonyl (C=O) groups excluding carboxylic acids is 2. The SMILES string of the molecule is COC(=O)C1(NC(=O)/C=C/c2ccccc2C#N)CCC(C)CC1. The van der Waals surface area contributed by atoms with Crippen LogP contribution in [-0.4, -0.2) is 24.5 Å². The highest BCUT2D eigenvalue weighted by Gasteiger charge is 2.43. The van der Waals surface area contributed by atoms with Crippen LogP contribution in [0.4, 0.5) is 0 Å². The summed E-state index contributed by atoms with van der Waals surface area (Å²) in [6.45, 7) is 2.14. The highest BCUT2D eigenvalue weighted by atomic mass is 16.5. The third-order valence-corrected chi connectivity index (χ3v) is 4.56. The molecule has 0 heterocycles. The highest BCUT2D eigenvalue weighted by Crippen LogP contribution is 2.32. The number of nitrogens with one attached hydrogen (secondary N) is 1. The van der Waals surface area contributed by atoms with E-state index in [1.807, 2.05) is 0 Å². The molecule has 0 aromatic heterocycles. The van der Waals surface area contributed by atoms with Gasteiger partial charge in [-0.3, -0.25) is 4.79 Å². The zero-order valence-corrected chi connectivity index (χ0v) is 14.0. The van der Waals surface area contributed by atoms with Gasteiger partial charge >= 0.3 is 5.97 Å². The number of carbonyl (C=O) groups is 2. The van der Waals surface area contributed by atoms with Gasteiger partial charge in [-0.05, 0) is 49.3 Å². The lowest BCUT2D eigenvalue weighted by Gasteiger charge is -2.37. The lowest BCUT2D eigenvalue weighted by Crippen LogP contribution is -2.56. The van der Waals surface area contributed by atoms with Crippen LogP contribution < -0.4 is 5.32 Å². The fourth-order valence-corrected chi connectivity index (χ4v) is 3.02. The third kappa shape index (κ3) is 4.02. The summed E-state index contributed by atoms with van der Waals surface area (Å²) in [4.78, 5) is 24.5. The van der Waals surface area contributed by atoms with Gasteiger partial charge in [0.05, 0.1) is 18.7 Å². The van der Waals surface area contributed by atoms with Crippen molar-refractivity contribution in [1.82, 2.24) is 5.32 Å². The Morgan fingerprint density at radius 1 is 1.33 bits per heavy atom. The van der Waals surface area contributed by atoms with E-state index < -0.39 is 11.5 Å². The van der Waals surface area contributed by atoms with Crippen molar-refractivity contribution in [2.45, 2.75) is 38.1 Å². The summed E-state index contributed by atoms with van der Waals surface area (Å²) < 4.78 is 4.91. The normalized spacial score (nSPS) is 23.5. The van der Waals surface area contributed by atoms with E-state index in [0.717, 1.165) is 12.8 Å².